The van der Waals surface area contributed by atoms with E-state index in [9.17, 15) is 0 Å². The molecule has 1 aromatic carbocycles. The molecule has 1 N–H and O–H groups in total. The molecule has 3 heterocycles. The minimum atomic E-state index is 0.688. The average Bonchev–Trinajstić information content (AvgIpc) is 3.05. The molecular weight excluding hydrogens is 326 g/mol. The molecule has 0 aliphatic heterocycles. The number of fused-ring (bicyclic) bond motifs is 2. The standard InChI is InChI=1S/C16H13N5S2/c1-2-17-14-10-5-3-4-6-11(10)20-16(21-14)23-15-13-12(7-8-22-13)18-9-19-15/h3-9H,2H2,1H3,(H,17,20,21). The van der Waals surface area contributed by atoms with Gasteiger partial charge < -0.3 is 5.32 Å². The Kier molecular flexibility index (Phi) is 3.80. The highest BCUT2D eigenvalue weighted by Crippen LogP contribution is 2.33. The zero-order chi connectivity index (χ0) is 15.6. The summed E-state index contributed by atoms with van der Waals surface area (Å²) in [5, 5.41) is 7.95. The van der Waals surface area contributed by atoms with Crippen LogP contribution < -0.4 is 5.32 Å². The number of benzene rings is 1. The summed E-state index contributed by atoms with van der Waals surface area (Å²) >= 11 is 3.11. The molecule has 0 aliphatic carbocycles. The number of anilines is 1. The Hall–Kier alpha value is -2.25. The van der Waals surface area contributed by atoms with E-state index in [1.165, 1.54) is 11.8 Å². The summed E-state index contributed by atoms with van der Waals surface area (Å²) in [6, 6.07) is 10.0. The topological polar surface area (TPSA) is 63.6 Å². The van der Waals surface area contributed by atoms with Crippen LogP contribution in [0.4, 0.5) is 5.82 Å². The molecule has 7 heteroatoms. The van der Waals surface area contributed by atoms with Gasteiger partial charge in [-0.3, -0.25) is 0 Å². The molecule has 0 aliphatic rings. The van der Waals surface area contributed by atoms with Crippen molar-refractivity contribution in [2.45, 2.75) is 17.1 Å². The molecule has 4 rings (SSSR count). The normalized spacial score (nSPS) is 11.2. The van der Waals surface area contributed by atoms with E-state index in [4.69, 9.17) is 0 Å². The van der Waals surface area contributed by atoms with Crippen LogP contribution in [0.2, 0.25) is 0 Å². The van der Waals surface area contributed by atoms with Crippen LogP contribution >= 0.6 is 23.1 Å². The van der Waals surface area contributed by atoms with Gasteiger partial charge in [0.25, 0.3) is 0 Å². The van der Waals surface area contributed by atoms with E-state index in [0.717, 1.165) is 38.5 Å². The SMILES string of the molecule is CCNc1nc(Sc2ncnc3ccsc23)nc2ccccc12. The summed E-state index contributed by atoms with van der Waals surface area (Å²) in [4.78, 5) is 18.0. The lowest BCUT2D eigenvalue weighted by Gasteiger charge is -2.09. The van der Waals surface area contributed by atoms with Crippen LogP contribution in [0.15, 0.2) is 52.2 Å². The molecule has 0 bridgehead atoms. The van der Waals surface area contributed by atoms with Crippen molar-refractivity contribution in [3.63, 3.8) is 0 Å². The first-order valence-electron chi connectivity index (χ1n) is 7.22. The minimum absolute atomic E-state index is 0.688. The molecule has 114 valence electrons. The number of hydrogen-bond acceptors (Lipinski definition) is 7. The van der Waals surface area contributed by atoms with Gasteiger partial charge in [0.1, 0.15) is 17.2 Å². The molecule has 5 nitrogen and oxygen atoms in total. The molecule has 3 aromatic heterocycles. The Balaban J connectivity index is 1.81. The quantitative estimate of drug-likeness (QED) is 0.444. The number of thiophene rings is 1. The molecule has 0 amide bonds. The van der Waals surface area contributed by atoms with Crippen LogP contribution in [0.25, 0.3) is 21.1 Å². The van der Waals surface area contributed by atoms with E-state index in [1.807, 2.05) is 35.7 Å². The second-order valence-electron chi connectivity index (χ2n) is 4.82. The highest BCUT2D eigenvalue weighted by Gasteiger charge is 2.12. The molecule has 0 spiro atoms. The zero-order valence-corrected chi connectivity index (χ0v) is 14.0. The van der Waals surface area contributed by atoms with Gasteiger partial charge in [0.2, 0.25) is 0 Å². The molecule has 0 radical (unpaired) electrons. The van der Waals surface area contributed by atoms with Crippen LogP contribution in [0, 0.1) is 0 Å². The molecule has 0 unspecified atom stereocenters. The maximum absolute atomic E-state index is 4.66. The fourth-order valence-electron chi connectivity index (χ4n) is 2.33. The largest absolute Gasteiger partial charge is 0.370 e. The number of nitrogens with one attached hydrogen (secondary N) is 1. The van der Waals surface area contributed by atoms with Gasteiger partial charge in [-0.1, -0.05) is 12.1 Å². The first kappa shape index (κ1) is 14.3. The van der Waals surface area contributed by atoms with Gasteiger partial charge in [0.15, 0.2) is 5.16 Å². The molecular formula is C16H13N5S2. The monoisotopic (exact) mass is 339 g/mol. The minimum Gasteiger partial charge on any atom is -0.370 e. The van der Waals surface area contributed by atoms with Crippen LogP contribution in [0.5, 0.6) is 0 Å². The van der Waals surface area contributed by atoms with Crippen molar-refractivity contribution in [3.05, 3.63) is 42.0 Å². The summed E-state index contributed by atoms with van der Waals surface area (Å²) in [6.45, 7) is 2.87. The molecule has 23 heavy (non-hydrogen) atoms. The van der Waals surface area contributed by atoms with Crippen molar-refractivity contribution < 1.29 is 0 Å². The van der Waals surface area contributed by atoms with Crippen molar-refractivity contribution in [2.24, 2.45) is 0 Å². The zero-order valence-electron chi connectivity index (χ0n) is 12.4. The Morgan fingerprint density at radius 3 is 2.91 bits per heavy atom. The Morgan fingerprint density at radius 1 is 1.09 bits per heavy atom. The summed E-state index contributed by atoms with van der Waals surface area (Å²) in [5.74, 6) is 0.858. The van der Waals surface area contributed by atoms with Gasteiger partial charge in [-0.05, 0) is 42.3 Å². The van der Waals surface area contributed by atoms with Crippen LogP contribution in [0.3, 0.4) is 0 Å². The van der Waals surface area contributed by atoms with Crippen molar-refractivity contribution >= 4 is 50.0 Å². The van der Waals surface area contributed by atoms with Crippen molar-refractivity contribution in [3.8, 4) is 0 Å². The summed E-state index contributed by atoms with van der Waals surface area (Å²) in [7, 11) is 0. The third-order valence-electron chi connectivity index (χ3n) is 3.33. The molecule has 0 saturated heterocycles. The predicted octanol–water partition coefficient (Wildman–Crippen LogP) is 4.22. The third-order valence-corrected chi connectivity index (χ3v) is 5.23. The second kappa shape index (κ2) is 6.10. The van der Waals surface area contributed by atoms with E-state index < -0.39 is 0 Å². The summed E-state index contributed by atoms with van der Waals surface area (Å²) in [5.41, 5.74) is 1.89. The number of rotatable bonds is 4. The van der Waals surface area contributed by atoms with Gasteiger partial charge >= 0.3 is 0 Å². The third kappa shape index (κ3) is 2.73. The van der Waals surface area contributed by atoms with Gasteiger partial charge in [0, 0.05) is 11.9 Å². The lowest BCUT2D eigenvalue weighted by Crippen LogP contribution is -2.02. The maximum Gasteiger partial charge on any atom is 0.196 e. The van der Waals surface area contributed by atoms with E-state index >= 15 is 0 Å². The van der Waals surface area contributed by atoms with E-state index in [2.05, 4.69) is 32.2 Å². The number of hydrogen-bond donors (Lipinski definition) is 1. The predicted molar refractivity (Wildman–Crippen MR) is 95.2 cm³/mol. The van der Waals surface area contributed by atoms with Gasteiger partial charge in [-0.2, -0.15) is 0 Å². The maximum atomic E-state index is 4.66. The lowest BCUT2D eigenvalue weighted by atomic mass is 10.2. The summed E-state index contributed by atoms with van der Waals surface area (Å²) in [6.07, 6.45) is 1.59. The van der Waals surface area contributed by atoms with Crippen LogP contribution in [-0.2, 0) is 0 Å². The highest BCUT2D eigenvalue weighted by molar-refractivity contribution is 7.99. The van der Waals surface area contributed by atoms with E-state index in [0.29, 0.717) is 5.16 Å². The van der Waals surface area contributed by atoms with Gasteiger partial charge in [-0.15, -0.1) is 11.3 Å². The van der Waals surface area contributed by atoms with Crippen LogP contribution in [-0.4, -0.2) is 26.5 Å². The summed E-state index contributed by atoms with van der Waals surface area (Å²) < 4.78 is 1.07. The Morgan fingerprint density at radius 2 is 2.00 bits per heavy atom. The highest BCUT2D eigenvalue weighted by atomic mass is 32.2. The van der Waals surface area contributed by atoms with E-state index in [-0.39, 0.29) is 0 Å². The Bertz CT molecular complexity index is 982. The van der Waals surface area contributed by atoms with E-state index in [1.54, 1.807) is 17.7 Å². The molecule has 0 fully saturated rings. The smallest absolute Gasteiger partial charge is 0.196 e. The number of para-hydroxylation sites is 1. The molecule has 4 aromatic rings. The first-order chi connectivity index (χ1) is 11.3. The average molecular weight is 339 g/mol. The van der Waals surface area contributed by atoms with Crippen molar-refractivity contribution in [2.75, 3.05) is 11.9 Å². The van der Waals surface area contributed by atoms with Gasteiger partial charge in [0.05, 0.1) is 15.7 Å². The fraction of sp³-hybridized carbons (Fsp3) is 0.125. The van der Waals surface area contributed by atoms with Crippen LogP contribution in [0.1, 0.15) is 6.92 Å². The van der Waals surface area contributed by atoms with Crippen molar-refractivity contribution in [1.29, 1.82) is 0 Å². The lowest BCUT2D eigenvalue weighted by molar-refractivity contribution is 0.985. The Labute approximate surface area is 141 Å². The fourth-order valence-corrected chi connectivity index (χ4v) is 4.08. The number of aromatic nitrogens is 4. The molecule has 0 atom stereocenters. The second-order valence-corrected chi connectivity index (χ2v) is 6.69. The molecule has 0 saturated carbocycles. The van der Waals surface area contributed by atoms with Crippen molar-refractivity contribution in [1.82, 2.24) is 19.9 Å². The number of nitrogens with zero attached hydrogens (tertiary/aromatic N) is 4. The first-order valence-corrected chi connectivity index (χ1v) is 8.91. The van der Waals surface area contributed by atoms with Gasteiger partial charge in [-0.25, -0.2) is 19.9 Å².